The number of nitrogens with two attached hydrogens (primary N) is 1. The van der Waals surface area contributed by atoms with Crippen LogP contribution in [-0.4, -0.2) is 44.5 Å². The number of phosphoric acid groups is 1. The van der Waals surface area contributed by atoms with E-state index in [-0.39, 0.29) is 5.82 Å². The number of fused-ring (bicyclic) bond motifs is 1. The molecule has 1 aromatic heterocycles. The van der Waals surface area contributed by atoms with Crippen LogP contribution in [0.2, 0.25) is 0 Å². The van der Waals surface area contributed by atoms with Gasteiger partial charge in [0, 0.05) is 6.20 Å². The van der Waals surface area contributed by atoms with E-state index in [4.69, 9.17) is 19.5 Å². The number of aliphatic hydroxyl groups is 1. The molecule has 3 rings (SSSR count). The Morgan fingerprint density at radius 1 is 1.45 bits per heavy atom. The average molecular weight is 305 g/mol. The second-order valence-electron chi connectivity index (χ2n) is 4.40. The minimum atomic E-state index is -4.21. The number of hydrogen-bond acceptors (Lipinski definition) is 8. The van der Waals surface area contributed by atoms with Gasteiger partial charge in [0.05, 0.1) is 6.61 Å². The molecule has 11 heteroatoms. The summed E-state index contributed by atoms with van der Waals surface area (Å²) in [6, 6.07) is 1.38. The first-order valence-electron chi connectivity index (χ1n) is 5.72. The Hall–Kier alpha value is -1.29. The van der Waals surface area contributed by atoms with Crippen LogP contribution in [0.1, 0.15) is 6.23 Å². The van der Waals surface area contributed by atoms with Gasteiger partial charge in [0.25, 0.3) is 0 Å². The number of anilines is 1. The number of phosphoric ester groups is 1. The van der Waals surface area contributed by atoms with Crippen LogP contribution in [-0.2, 0) is 18.3 Å². The highest BCUT2D eigenvalue weighted by Gasteiger charge is 2.57. The van der Waals surface area contributed by atoms with Gasteiger partial charge in [-0.15, -0.1) is 0 Å². The molecule has 2 aliphatic rings. The van der Waals surface area contributed by atoms with E-state index in [1.807, 2.05) is 0 Å². The summed E-state index contributed by atoms with van der Waals surface area (Å²) >= 11 is 0. The first-order chi connectivity index (χ1) is 9.41. The van der Waals surface area contributed by atoms with Crippen LogP contribution in [0, 0.1) is 0 Å². The monoisotopic (exact) mass is 305 g/mol. The summed E-state index contributed by atoms with van der Waals surface area (Å²) in [5.74, 6) is 0.0379. The number of aromatic nitrogens is 2. The molecular formula is C9H12N3O7P. The van der Waals surface area contributed by atoms with Crippen LogP contribution in [0.5, 0.6) is 0 Å². The summed E-state index contributed by atoms with van der Waals surface area (Å²) in [7, 11) is -4.21. The predicted octanol–water partition coefficient (Wildman–Crippen LogP) is -1.40. The standard InChI is InChI=1S/C9H12N3O7P/c10-5-1-2-12(9(14)11-5)8-7-6(4(3-13)17-8)18-20(15,16)19-7/h1-2,4,6-8,13H,3H2,(H,15,16)(H2,10,11,14)/t4-,6+,7+,8-/m0/s1. The highest BCUT2D eigenvalue weighted by molar-refractivity contribution is 7.47. The average Bonchev–Trinajstić information content (AvgIpc) is 2.83. The van der Waals surface area contributed by atoms with Gasteiger partial charge >= 0.3 is 13.5 Å². The molecule has 110 valence electrons. The molecule has 2 fully saturated rings. The van der Waals surface area contributed by atoms with E-state index in [0.29, 0.717) is 0 Å². The zero-order chi connectivity index (χ0) is 14.5. The van der Waals surface area contributed by atoms with Gasteiger partial charge in [0.2, 0.25) is 0 Å². The number of nitrogen functional groups attached to an aromatic ring is 1. The maximum atomic E-state index is 11.8. The van der Waals surface area contributed by atoms with Crippen molar-refractivity contribution in [2.75, 3.05) is 12.3 Å². The predicted molar refractivity (Wildman–Crippen MR) is 63.5 cm³/mol. The second-order valence-corrected chi connectivity index (χ2v) is 5.76. The molecule has 20 heavy (non-hydrogen) atoms. The Balaban J connectivity index is 1.98. The molecular weight excluding hydrogens is 293 g/mol. The molecule has 0 aliphatic carbocycles. The number of rotatable bonds is 2. The molecule has 0 bridgehead atoms. The minimum Gasteiger partial charge on any atom is -0.394 e. The summed E-state index contributed by atoms with van der Waals surface area (Å²) in [6.07, 6.45) is -2.51. The van der Waals surface area contributed by atoms with Crippen LogP contribution in [0.4, 0.5) is 5.82 Å². The van der Waals surface area contributed by atoms with Gasteiger partial charge in [-0.2, -0.15) is 4.98 Å². The van der Waals surface area contributed by atoms with Crippen molar-refractivity contribution in [2.45, 2.75) is 24.5 Å². The van der Waals surface area contributed by atoms with Crippen LogP contribution in [0.25, 0.3) is 0 Å². The highest BCUT2D eigenvalue weighted by Crippen LogP contribution is 2.58. The Morgan fingerprint density at radius 2 is 2.15 bits per heavy atom. The molecule has 0 spiro atoms. The zero-order valence-corrected chi connectivity index (χ0v) is 10.9. The summed E-state index contributed by atoms with van der Waals surface area (Å²) in [6.45, 7) is -0.446. The summed E-state index contributed by atoms with van der Waals surface area (Å²) in [5.41, 5.74) is 4.69. The Morgan fingerprint density at radius 3 is 2.80 bits per heavy atom. The van der Waals surface area contributed by atoms with Crippen molar-refractivity contribution in [1.82, 2.24) is 9.55 Å². The van der Waals surface area contributed by atoms with Crippen molar-refractivity contribution in [3.05, 3.63) is 22.7 Å². The van der Waals surface area contributed by atoms with E-state index >= 15 is 0 Å². The SMILES string of the molecule is Nc1ccn([C@H]2O[C@@H](CO)[C@H]3OP(=O)(O)O[C@H]32)c(=O)n1. The van der Waals surface area contributed by atoms with Crippen molar-refractivity contribution in [3.8, 4) is 0 Å². The van der Waals surface area contributed by atoms with E-state index < -0.39 is 44.7 Å². The van der Waals surface area contributed by atoms with Crippen molar-refractivity contribution in [2.24, 2.45) is 0 Å². The van der Waals surface area contributed by atoms with E-state index in [1.165, 1.54) is 12.3 Å². The molecule has 4 N–H and O–H groups in total. The fraction of sp³-hybridized carbons (Fsp3) is 0.556. The fourth-order valence-electron chi connectivity index (χ4n) is 2.27. The van der Waals surface area contributed by atoms with Gasteiger partial charge in [-0.3, -0.25) is 13.6 Å². The lowest BCUT2D eigenvalue weighted by Gasteiger charge is -2.18. The quantitative estimate of drug-likeness (QED) is 0.561. The maximum absolute atomic E-state index is 11.8. The third-order valence-corrected chi connectivity index (χ3v) is 4.12. The van der Waals surface area contributed by atoms with Crippen molar-refractivity contribution >= 4 is 13.6 Å². The number of nitrogens with zero attached hydrogens (tertiary/aromatic N) is 2. The molecule has 0 amide bonds. The van der Waals surface area contributed by atoms with Gasteiger partial charge in [-0.1, -0.05) is 0 Å². The smallest absolute Gasteiger partial charge is 0.394 e. The summed E-state index contributed by atoms with van der Waals surface area (Å²) in [5, 5.41) is 9.21. The normalized spacial score (nSPS) is 39.9. The molecule has 5 atom stereocenters. The van der Waals surface area contributed by atoms with Gasteiger partial charge in [0.15, 0.2) is 6.23 Å². The molecule has 0 saturated carbocycles. The number of ether oxygens (including phenoxy) is 1. The highest BCUT2D eigenvalue weighted by atomic mass is 31.2. The van der Waals surface area contributed by atoms with Crippen molar-refractivity contribution in [3.63, 3.8) is 0 Å². The van der Waals surface area contributed by atoms with Crippen LogP contribution >= 0.6 is 7.82 Å². The fourth-order valence-corrected chi connectivity index (χ4v) is 3.42. The van der Waals surface area contributed by atoms with Crippen LogP contribution in [0.3, 0.4) is 0 Å². The lowest BCUT2D eigenvalue weighted by atomic mass is 10.1. The first-order valence-corrected chi connectivity index (χ1v) is 7.21. The third-order valence-electron chi connectivity index (χ3n) is 3.10. The molecule has 1 aromatic rings. The first kappa shape index (κ1) is 13.7. The molecule has 3 heterocycles. The topological polar surface area (TPSA) is 146 Å². The number of aliphatic hydroxyl groups excluding tert-OH is 1. The Bertz CT molecular complexity index is 634. The van der Waals surface area contributed by atoms with E-state index in [0.717, 1.165) is 4.57 Å². The minimum absolute atomic E-state index is 0.0379. The number of hydrogen-bond donors (Lipinski definition) is 3. The third kappa shape index (κ3) is 2.16. The zero-order valence-electron chi connectivity index (χ0n) is 10.0. The molecule has 0 radical (unpaired) electrons. The molecule has 10 nitrogen and oxygen atoms in total. The van der Waals surface area contributed by atoms with E-state index in [2.05, 4.69) is 4.98 Å². The van der Waals surface area contributed by atoms with Crippen LogP contribution in [0.15, 0.2) is 17.1 Å². The largest absolute Gasteiger partial charge is 0.473 e. The van der Waals surface area contributed by atoms with E-state index in [9.17, 15) is 19.4 Å². The van der Waals surface area contributed by atoms with Gasteiger partial charge in [-0.25, -0.2) is 9.36 Å². The molecule has 0 aromatic carbocycles. The summed E-state index contributed by atoms with van der Waals surface area (Å²) < 4.78 is 27.7. The second kappa shape index (κ2) is 4.62. The lowest BCUT2D eigenvalue weighted by Crippen LogP contribution is -2.34. The van der Waals surface area contributed by atoms with Crippen LogP contribution < -0.4 is 11.4 Å². The molecule has 1 unspecified atom stereocenters. The van der Waals surface area contributed by atoms with Gasteiger partial charge in [0.1, 0.15) is 24.1 Å². The Labute approximate surface area is 112 Å². The summed E-state index contributed by atoms with van der Waals surface area (Å²) in [4.78, 5) is 24.7. The Kier molecular flexibility index (Phi) is 3.16. The van der Waals surface area contributed by atoms with Gasteiger partial charge in [-0.05, 0) is 6.07 Å². The molecule has 2 saturated heterocycles. The molecule has 2 aliphatic heterocycles. The van der Waals surface area contributed by atoms with Crippen molar-refractivity contribution < 1.29 is 28.3 Å². The maximum Gasteiger partial charge on any atom is 0.473 e. The van der Waals surface area contributed by atoms with Crippen molar-refractivity contribution in [1.29, 1.82) is 0 Å². The van der Waals surface area contributed by atoms with E-state index in [1.54, 1.807) is 0 Å². The van der Waals surface area contributed by atoms with Gasteiger partial charge < -0.3 is 20.5 Å². The lowest BCUT2D eigenvalue weighted by molar-refractivity contribution is -0.0624.